The Morgan fingerprint density at radius 1 is 1.30 bits per heavy atom. The lowest BCUT2D eigenvalue weighted by Crippen LogP contribution is -2.26. The number of nitrogens with zero attached hydrogens (tertiary/aromatic N) is 3. The second-order valence-electron chi connectivity index (χ2n) is 4.85. The van der Waals surface area contributed by atoms with Crippen LogP contribution < -0.4 is 0 Å². The van der Waals surface area contributed by atoms with Crippen molar-refractivity contribution >= 4 is 17.5 Å². The average Bonchev–Trinajstić information content (AvgIpc) is 2.83. The van der Waals surface area contributed by atoms with Gasteiger partial charge in [0.05, 0.1) is 12.0 Å². The van der Waals surface area contributed by atoms with Gasteiger partial charge in [-0.15, -0.1) is 0 Å². The van der Waals surface area contributed by atoms with Gasteiger partial charge in [0.25, 0.3) is 5.91 Å². The van der Waals surface area contributed by atoms with E-state index >= 15 is 0 Å². The lowest BCUT2D eigenvalue weighted by atomic mass is 10.2. The Hall–Kier alpha value is -1.81. The summed E-state index contributed by atoms with van der Waals surface area (Å²) in [6.45, 7) is 2.61. The quantitative estimate of drug-likeness (QED) is 0.869. The fourth-order valence-corrected chi connectivity index (χ4v) is 2.17. The van der Waals surface area contributed by atoms with E-state index in [2.05, 4.69) is 4.98 Å². The molecule has 2 rings (SSSR count). The molecule has 0 unspecified atom stereocenters. The number of imidazole rings is 1. The Kier molecular flexibility index (Phi) is 4.45. The molecule has 5 heteroatoms. The maximum Gasteiger partial charge on any atom is 0.271 e. The minimum absolute atomic E-state index is 0.0201. The fourth-order valence-electron chi connectivity index (χ4n) is 2.05. The average molecular weight is 292 g/mol. The van der Waals surface area contributed by atoms with Crippen LogP contribution in [0.2, 0.25) is 5.02 Å². The van der Waals surface area contributed by atoms with Crippen molar-refractivity contribution in [1.82, 2.24) is 14.5 Å². The molecular formula is C15H18ClN3O. The van der Waals surface area contributed by atoms with Crippen LogP contribution in [-0.4, -0.2) is 34.5 Å². The van der Waals surface area contributed by atoms with E-state index in [0.717, 1.165) is 17.7 Å². The summed E-state index contributed by atoms with van der Waals surface area (Å²) in [7, 11) is 3.50. The highest BCUT2D eigenvalue weighted by atomic mass is 35.5. The summed E-state index contributed by atoms with van der Waals surface area (Å²) in [4.78, 5) is 18.2. The van der Waals surface area contributed by atoms with E-state index in [1.54, 1.807) is 25.3 Å². The zero-order valence-electron chi connectivity index (χ0n) is 11.9. The number of aryl methyl sites for hydroxylation is 1. The van der Waals surface area contributed by atoms with Crippen LogP contribution in [0.4, 0.5) is 0 Å². The van der Waals surface area contributed by atoms with Crippen LogP contribution in [0, 0.1) is 0 Å². The van der Waals surface area contributed by atoms with Crippen LogP contribution in [0.5, 0.6) is 0 Å². The maximum absolute atomic E-state index is 12.3. The second-order valence-corrected chi connectivity index (χ2v) is 5.28. The summed E-state index contributed by atoms with van der Waals surface area (Å²) in [5.41, 5.74) is 2.58. The topological polar surface area (TPSA) is 38.1 Å². The number of hydrogen-bond acceptors (Lipinski definition) is 2. The van der Waals surface area contributed by atoms with E-state index in [-0.39, 0.29) is 5.91 Å². The SMILES string of the molecule is CCc1ncn(Cc2ccc(Cl)cc2)c1C(=O)N(C)C. The third kappa shape index (κ3) is 3.02. The molecule has 0 aliphatic rings. The molecule has 1 aromatic heterocycles. The van der Waals surface area contributed by atoms with E-state index < -0.39 is 0 Å². The molecule has 0 aliphatic carbocycles. The Bertz CT molecular complexity index is 602. The molecule has 0 saturated carbocycles. The Labute approximate surface area is 124 Å². The number of halogens is 1. The van der Waals surface area contributed by atoms with Gasteiger partial charge in [0.15, 0.2) is 0 Å². The molecule has 0 atom stereocenters. The number of rotatable bonds is 4. The van der Waals surface area contributed by atoms with Crippen LogP contribution in [-0.2, 0) is 13.0 Å². The van der Waals surface area contributed by atoms with E-state index in [1.807, 2.05) is 35.8 Å². The van der Waals surface area contributed by atoms with Gasteiger partial charge in [0.1, 0.15) is 5.69 Å². The van der Waals surface area contributed by atoms with Crippen LogP contribution >= 0.6 is 11.6 Å². The highest BCUT2D eigenvalue weighted by molar-refractivity contribution is 6.30. The van der Waals surface area contributed by atoms with Crippen molar-refractivity contribution in [1.29, 1.82) is 0 Å². The first-order valence-corrected chi connectivity index (χ1v) is 6.90. The Balaban J connectivity index is 2.34. The van der Waals surface area contributed by atoms with Crippen molar-refractivity contribution in [2.45, 2.75) is 19.9 Å². The van der Waals surface area contributed by atoms with Crippen molar-refractivity contribution < 1.29 is 4.79 Å². The van der Waals surface area contributed by atoms with Crippen molar-refractivity contribution in [2.75, 3.05) is 14.1 Å². The first-order chi connectivity index (χ1) is 9.52. The van der Waals surface area contributed by atoms with Gasteiger partial charge in [-0.2, -0.15) is 0 Å². The summed E-state index contributed by atoms with van der Waals surface area (Å²) in [5.74, 6) is -0.0201. The number of aromatic nitrogens is 2. The van der Waals surface area contributed by atoms with Gasteiger partial charge in [-0.1, -0.05) is 30.7 Å². The third-order valence-corrected chi connectivity index (χ3v) is 3.38. The van der Waals surface area contributed by atoms with Crippen molar-refractivity contribution in [3.8, 4) is 0 Å². The van der Waals surface area contributed by atoms with Crippen LogP contribution in [0.25, 0.3) is 0 Å². The monoisotopic (exact) mass is 291 g/mol. The number of amides is 1. The smallest absolute Gasteiger partial charge is 0.271 e. The summed E-state index contributed by atoms with van der Waals surface area (Å²) < 4.78 is 1.89. The number of carbonyl (C=O) groups excluding carboxylic acids is 1. The first kappa shape index (κ1) is 14.6. The molecule has 1 aromatic carbocycles. The van der Waals surface area contributed by atoms with Gasteiger partial charge < -0.3 is 9.47 Å². The minimum atomic E-state index is -0.0201. The molecule has 4 nitrogen and oxygen atoms in total. The molecule has 0 saturated heterocycles. The highest BCUT2D eigenvalue weighted by Crippen LogP contribution is 2.15. The molecule has 0 bridgehead atoms. The van der Waals surface area contributed by atoms with Gasteiger partial charge in [0, 0.05) is 25.7 Å². The molecule has 1 amide bonds. The summed E-state index contributed by atoms with van der Waals surface area (Å²) in [6, 6.07) is 7.61. The molecule has 20 heavy (non-hydrogen) atoms. The van der Waals surface area contributed by atoms with Gasteiger partial charge in [-0.25, -0.2) is 4.98 Å². The summed E-state index contributed by atoms with van der Waals surface area (Å²) in [6.07, 6.45) is 2.46. The third-order valence-electron chi connectivity index (χ3n) is 3.12. The Morgan fingerprint density at radius 3 is 2.50 bits per heavy atom. The van der Waals surface area contributed by atoms with Crippen LogP contribution in [0.1, 0.15) is 28.7 Å². The van der Waals surface area contributed by atoms with E-state index in [0.29, 0.717) is 17.3 Å². The lowest BCUT2D eigenvalue weighted by molar-refractivity contribution is 0.0816. The standard InChI is InChI=1S/C15H18ClN3O/c1-4-13-14(15(20)18(2)3)19(10-17-13)9-11-5-7-12(16)8-6-11/h5-8,10H,4,9H2,1-3H3. The predicted octanol–water partition coefficient (Wildman–Crippen LogP) is 2.85. The number of carbonyl (C=O) groups is 1. The van der Waals surface area contributed by atoms with E-state index in [9.17, 15) is 4.79 Å². The Morgan fingerprint density at radius 2 is 1.95 bits per heavy atom. The summed E-state index contributed by atoms with van der Waals surface area (Å²) >= 11 is 5.88. The molecule has 2 aromatic rings. The van der Waals surface area contributed by atoms with Gasteiger partial charge in [-0.05, 0) is 24.1 Å². The molecule has 0 N–H and O–H groups in total. The van der Waals surface area contributed by atoms with Gasteiger partial charge >= 0.3 is 0 Å². The second kappa shape index (κ2) is 6.09. The molecular weight excluding hydrogens is 274 g/mol. The van der Waals surface area contributed by atoms with Gasteiger partial charge in [-0.3, -0.25) is 4.79 Å². The van der Waals surface area contributed by atoms with Crippen LogP contribution in [0.15, 0.2) is 30.6 Å². The molecule has 0 spiro atoms. The number of benzene rings is 1. The largest absolute Gasteiger partial charge is 0.343 e. The van der Waals surface area contributed by atoms with E-state index in [4.69, 9.17) is 11.6 Å². The van der Waals surface area contributed by atoms with Gasteiger partial charge in [0.2, 0.25) is 0 Å². The van der Waals surface area contributed by atoms with E-state index in [1.165, 1.54) is 0 Å². The van der Waals surface area contributed by atoms with Crippen LogP contribution in [0.3, 0.4) is 0 Å². The van der Waals surface area contributed by atoms with Crippen molar-refractivity contribution in [2.24, 2.45) is 0 Å². The normalized spacial score (nSPS) is 10.6. The highest BCUT2D eigenvalue weighted by Gasteiger charge is 2.19. The molecule has 1 heterocycles. The molecule has 0 aliphatic heterocycles. The number of hydrogen-bond donors (Lipinski definition) is 0. The first-order valence-electron chi connectivity index (χ1n) is 6.53. The summed E-state index contributed by atoms with van der Waals surface area (Å²) in [5, 5.41) is 0.707. The minimum Gasteiger partial charge on any atom is -0.343 e. The maximum atomic E-state index is 12.3. The zero-order chi connectivity index (χ0) is 14.7. The fraction of sp³-hybridized carbons (Fsp3) is 0.333. The molecule has 0 radical (unpaired) electrons. The molecule has 106 valence electrons. The zero-order valence-corrected chi connectivity index (χ0v) is 12.7. The van der Waals surface area contributed by atoms with Crippen molar-refractivity contribution in [3.63, 3.8) is 0 Å². The van der Waals surface area contributed by atoms with Crippen molar-refractivity contribution in [3.05, 3.63) is 52.6 Å². The lowest BCUT2D eigenvalue weighted by Gasteiger charge is -2.14. The molecule has 0 fully saturated rings. The predicted molar refractivity (Wildman–Crippen MR) is 80.2 cm³/mol.